The minimum absolute atomic E-state index is 0.0956. The van der Waals surface area contributed by atoms with Crippen LogP contribution in [0.4, 0.5) is 0 Å². The molecule has 2 aromatic carbocycles. The van der Waals surface area contributed by atoms with Gasteiger partial charge in [0.2, 0.25) is 5.88 Å². The summed E-state index contributed by atoms with van der Waals surface area (Å²) in [5.41, 5.74) is 2.84. The Balaban J connectivity index is 1.64. The third-order valence-electron chi connectivity index (χ3n) is 5.89. The monoisotopic (exact) mass is 465 g/mol. The molecule has 182 valence electrons. The Bertz CT molecular complexity index is 1060. The van der Waals surface area contributed by atoms with Gasteiger partial charge in [0.05, 0.1) is 42.9 Å². The normalized spacial score (nSPS) is 14.6. The van der Waals surface area contributed by atoms with Crippen molar-refractivity contribution >= 4 is 0 Å². The Kier molecular flexibility index (Phi) is 7.88. The molecule has 0 spiro atoms. The summed E-state index contributed by atoms with van der Waals surface area (Å²) in [4.78, 5) is 2.33. The topological polar surface area (TPSA) is 69.0 Å². The lowest BCUT2D eigenvalue weighted by atomic mass is 10.2. The second kappa shape index (κ2) is 11.0. The van der Waals surface area contributed by atoms with E-state index in [4.69, 9.17) is 19.3 Å². The molecule has 1 aliphatic carbocycles. The van der Waals surface area contributed by atoms with E-state index in [2.05, 4.69) is 4.90 Å². The zero-order chi connectivity index (χ0) is 24.1. The van der Waals surface area contributed by atoms with Crippen LogP contribution in [0.25, 0.3) is 5.69 Å². The predicted octanol–water partition coefficient (Wildman–Crippen LogP) is 4.73. The van der Waals surface area contributed by atoms with Crippen LogP contribution in [0.1, 0.15) is 37.9 Å². The van der Waals surface area contributed by atoms with Crippen molar-refractivity contribution in [3.8, 4) is 23.1 Å². The fourth-order valence-electron chi connectivity index (χ4n) is 3.96. The second-order valence-corrected chi connectivity index (χ2v) is 9.09. The molecule has 7 nitrogen and oxygen atoms in total. The Morgan fingerprint density at radius 3 is 2.50 bits per heavy atom. The van der Waals surface area contributed by atoms with Crippen LogP contribution in [-0.4, -0.2) is 58.3 Å². The van der Waals surface area contributed by atoms with E-state index in [9.17, 15) is 5.11 Å². The quantitative estimate of drug-likeness (QED) is 0.417. The number of aromatic nitrogens is 2. The van der Waals surface area contributed by atoms with Crippen LogP contribution in [0.3, 0.4) is 0 Å². The first kappa shape index (κ1) is 24.3. The molecule has 7 heteroatoms. The molecule has 1 aliphatic rings. The minimum Gasteiger partial charge on any atom is -0.497 e. The Labute approximate surface area is 201 Å². The Hall–Kier alpha value is -2.87. The van der Waals surface area contributed by atoms with Gasteiger partial charge < -0.3 is 19.3 Å². The molecular weight excluding hydrogens is 430 g/mol. The van der Waals surface area contributed by atoms with Crippen molar-refractivity contribution in [2.45, 2.75) is 58.4 Å². The first-order valence-electron chi connectivity index (χ1n) is 11.9. The average molecular weight is 466 g/mol. The van der Waals surface area contributed by atoms with E-state index in [-0.39, 0.29) is 6.10 Å². The average Bonchev–Trinajstić information content (AvgIpc) is 3.64. The lowest BCUT2D eigenvalue weighted by molar-refractivity contribution is -0.0107. The highest BCUT2D eigenvalue weighted by molar-refractivity contribution is 5.44. The zero-order valence-corrected chi connectivity index (χ0v) is 20.5. The number of aliphatic hydroxyl groups is 1. The number of aryl methyl sites for hydroxylation is 1. The highest BCUT2D eigenvalue weighted by Gasteiger charge is 2.32. The number of nitrogens with zero attached hydrogens (tertiary/aromatic N) is 3. The van der Waals surface area contributed by atoms with Gasteiger partial charge in [-0.1, -0.05) is 24.3 Å². The molecule has 34 heavy (non-hydrogen) atoms. The Morgan fingerprint density at radius 2 is 1.82 bits per heavy atom. The fourth-order valence-corrected chi connectivity index (χ4v) is 3.96. The second-order valence-electron chi connectivity index (χ2n) is 9.09. The summed E-state index contributed by atoms with van der Waals surface area (Å²) in [5.74, 6) is 2.09. The molecule has 0 radical (unpaired) electrons. The van der Waals surface area contributed by atoms with Crippen LogP contribution in [0.2, 0.25) is 0 Å². The molecular formula is C27H35N3O4. The number of rotatable bonds is 12. The van der Waals surface area contributed by atoms with E-state index in [1.165, 1.54) is 0 Å². The van der Waals surface area contributed by atoms with Crippen LogP contribution in [0.15, 0.2) is 54.6 Å². The van der Waals surface area contributed by atoms with Gasteiger partial charge in [0.15, 0.2) is 0 Å². The van der Waals surface area contributed by atoms with Crippen molar-refractivity contribution in [2.24, 2.45) is 0 Å². The smallest absolute Gasteiger partial charge is 0.227 e. The molecule has 3 aromatic rings. The van der Waals surface area contributed by atoms with Gasteiger partial charge in [0, 0.05) is 25.2 Å². The van der Waals surface area contributed by atoms with E-state index >= 15 is 0 Å². The molecule has 1 N–H and O–H groups in total. The maximum Gasteiger partial charge on any atom is 0.227 e. The molecule has 1 saturated carbocycles. The van der Waals surface area contributed by atoms with Crippen molar-refractivity contribution in [3.05, 3.63) is 65.9 Å². The van der Waals surface area contributed by atoms with Crippen molar-refractivity contribution < 1.29 is 19.3 Å². The van der Waals surface area contributed by atoms with E-state index in [1.807, 2.05) is 80.1 Å². The van der Waals surface area contributed by atoms with Gasteiger partial charge in [0.1, 0.15) is 11.5 Å². The summed E-state index contributed by atoms with van der Waals surface area (Å²) in [7, 11) is 1.64. The first-order valence-corrected chi connectivity index (χ1v) is 11.9. The zero-order valence-electron chi connectivity index (χ0n) is 20.5. The van der Waals surface area contributed by atoms with Gasteiger partial charge in [-0.3, -0.25) is 4.90 Å². The van der Waals surface area contributed by atoms with Gasteiger partial charge in [0.25, 0.3) is 0 Å². The fraction of sp³-hybridized carbons (Fsp3) is 0.444. The van der Waals surface area contributed by atoms with Crippen LogP contribution >= 0.6 is 0 Å². The van der Waals surface area contributed by atoms with Gasteiger partial charge in [-0.05, 0) is 57.9 Å². The molecule has 1 heterocycles. The van der Waals surface area contributed by atoms with Crippen molar-refractivity contribution in [3.63, 3.8) is 0 Å². The third kappa shape index (κ3) is 6.17. The molecule has 1 atom stereocenters. The third-order valence-corrected chi connectivity index (χ3v) is 5.89. The number of ether oxygens (including phenoxy) is 3. The Morgan fingerprint density at radius 1 is 1.09 bits per heavy atom. The van der Waals surface area contributed by atoms with Gasteiger partial charge in [-0.15, -0.1) is 0 Å². The summed E-state index contributed by atoms with van der Waals surface area (Å²) in [6.07, 6.45) is 1.82. The molecule has 1 fully saturated rings. The largest absolute Gasteiger partial charge is 0.497 e. The predicted molar refractivity (Wildman–Crippen MR) is 132 cm³/mol. The maximum atomic E-state index is 10.6. The number of aliphatic hydroxyl groups excluding tert-OH is 1. The van der Waals surface area contributed by atoms with Gasteiger partial charge in [-0.2, -0.15) is 5.10 Å². The molecule has 0 unspecified atom stereocenters. The standard InChI is InChI=1S/C27H35N3O4/c1-19(2)33-18-23(31)16-29(21-13-14-21)17-26-20(3)28-30(22-9-6-5-7-10-22)27(26)34-25-12-8-11-24(15-25)32-4/h5-12,15,19,21,23,31H,13-14,16-18H2,1-4H3/t23-/m1/s1. The summed E-state index contributed by atoms with van der Waals surface area (Å²) >= 11 is 0. The van der Waals surface area contributed by atoms with Crippen LogP contribution in [-0.2, 0) is 11.3 Å². The lowest BCUT2D eigenvalue weighted by Crippen LogP contribution is -2.36. The summed E-state index contributed by atoms with van der Waals surface area (Å²) < 4.78 is 19.3. The van der Waals surface area contributed by atoms with E-state index in [0.29, 0.717) is 37.4 Å². The van der Waals surface area contributed by atoms with Crippen LogP contribution < -0.4 is 9.47 Å². The van der Waals surface area contributed by atoms with E-state index < -0.39 is 6.10 Å². The number of hydrogen-bond donors (Lipinski definition) is 1. The molecule has 0 bridgehead atoms. The maximum absolute atomic E-state index is 10.6. The van der Waals surface area contributed by atoms with Crippen LogP contribution in [0, 0.1) is 6.92 Å². The number of methoxy groups -OCH3 is 1. The number of para-hydroxylation sites is 1. The van der Waals surface area contributed by atoms with Crippen molar-refractivity contribution in [1.29, 1.82) is 0 Å². The van der Waals surface area contributed by atoms with Crippen LogP contribution in [0.5, 0.6) is 17.4 Å². The highest BCUT2D eigenvalue weighted by Crippen LogP contribution is 2.35. The first-order chi connectivity index (χ1) is 16.4. The van der Waals surface area contributed by atoms with Crippen molar-refractivity contribution in [2.75, 3.05) is 20.3 Å². The SMILES string of the molecule is COc1cccc(Oc2c(CN(C[C@@H](O)COC(C)C)C3CC3)c(C)nn2-c2ccccc2)c1. The molecule has 0 amide bonds. The molecule has 0 aliphatic heterocycles. The highest BCUT2D eigenvalue weighted by atomic mass is 16.5. The minimum atomic E-state index is -0.546. The van der Waals surface area contributed by atoms with Crippen molar-refractivity contribution in [1.82, 2.24) is 14.7 Å². The lowest BCUT2D eigenvalue weighted by Gasteiger charge is -2.25. The molecule has 0 saturated heterocycles. The summed E-state index contributed by atoms with van der Waals surface area (Å²) in [6, 6.07) is 18.0. The van der Waals surface area contributed by atoms with E-state index in [0.717, 1.165) is 35.5 Å². The molecule has 4 rings (SSSR count). The summed E-state index contributed by atoms with van der Waals surface area (Å²) in [5, 5.41) is 15.4. The van der Waals surface area contributed by atoms with Gasteiger partial charge in [-0.25, -0.2) is 4.68 Å². The van der Waals surface area contributed by atoms with Gasteiger partial charge >= 0.3 is 0 Å². The molecule has 1 aromatic heterocycles. The summed E-state index contributed by atoms with van der Waals surface area (Å²) in [6.45, 7) is 7.49. The van der Waals surface area contributed by atoms with E-state index in [1.54, 1.807) is 7.11 Å². The number of benzene rings is 2. The number of hydrogen-bond acceptors (Lipinski definition) is 6.